The smallest absolute Gasteiger partial charge is 0.238 e. The van der Waals surface area contributed by atoms with Crippen LogP contribution < -0.4 is 0 Å². The second-order valence-corrected chi connectivity index (χ2v) is 13.9. The van der Waals surface area contributed by atoms with Gasteiger partial charge in [-0.1, -0.05) is 115 Å². The largest absolute Gasteiger partial charge is 0.309 e. The van der Waals surface area contributed by atoms with Gasteiger partial charge in [-0.25, -0.2) is 4.98 Å². The average molecular weight is 670 g/mol. The van der Waals surface area contributed by atoms with Gasteiger partial charge in [0.2, 0.25) is 5.95 Å². The Balaban J connectivity index is 1.26. The van der Waals surface area contributed by atoms with Gasteiger partial charge >= 0.3 is 0 Å². The summed E-state index contributed by atoms with van der Waals surface area (Å²) in [4.78, 5) is 15.8. The van der Waals surface area contributed by atoms with Crippen LogP contribution in [0.2, 0.25) is 0 Å². The van der Waals surface area contributed by atoms with Crippen molar-refractivity contribution < 1.29 is 0 Å². The Hall–Kier alpha value is -6.63. The Labute approximate surface area is 296 Å². The number of hydrogen-bond acceptors (Lipinski definition) is 4. The van der Waals surface area contributed by atoms with Gasteiger partial charge in [0.1, 0.15) is 0 Å². The lowest BCUT2D eigenvalue weighted by Crippen LogP contribution is -2.06. The fraction of sp³-hybridized carbons (Fsp3) is 0. The van der Waals surface area contributed by atoms with Gasteiger partial charge in [-0.05, 0) is 48.5 Å². The molecule has 0 fully saturated rings. The van der Waals surface area contributed by atoms with Gasteiger partial charge < -0.3 is 4.57 Å². The van der Waals surface area contributed by atoms with Crippen molar-refractivity contribution in [2.45, 2.75) is 0 Å². The van der Waals surface area contributed by atoms with Crippen molar-refractivity contribution in [1.29, 1.82) is 0 Å². The molecule has 0 aliphatic heterocycles. The van der Waals surface area contributed by atoms with Crippen LogP contribution in [0.1, 0.15) is 0 Å². The van der Waals surface area contributed by atoms with E-state index < -0.39 is 0 Å². The third kappa shape index (κ3) is 4.17. The zero-order valence-corrected chi connectivity index (χ0v) is 28.0. The molecule has 238 valence electrons. The van der Waals surface area contributed by atoms with E-state index in [1.165, 1.54) is 41.8 Å². The molecule has 7 aromatic carbocycles. The van der Waals surface area contributed by atoms with Crippen molar-refractivity contribution in [3.05, 3.63) is 164 Å². The molecule has 0 bridgehead atoms. The Morgan fingerprint density at radius 3 is 1.69 bits per heavy atom. The maximum absolute atomic E-state index is 5.34. The summed E-state index contributed by atoms with van der Waals surface area (Å²) in [6, 6.07) is 57.7. The van der Waals surface area contributed by atoms with Crippen LogP contribution in [-0.4, -0.2) is 24.1 Å². The van der Waals surface area contributed by atoms with Gasteiger partial charge in [-0.15, -0.1) is 11.3 Å². The summed E-state index contributed by atoms with van der Waals surface area (Å²) in [6.45, 7) is 0. The molecule has 4 aromatic heterocycles. The molecule has 0 spiro atoms. The second kappa shape index (κ2) is 10.9. The van der Waals surface area contributed by atoms with Crippen LogP contribution in [0.5, 0.6) is 0 Å². The Morgan fingerprint density at radius 1 is 0.373 bits per heavy atom. The average Bonchev–Trinajstić information content (AvgIpc) is 3.86. The normalized spacial score (nSPS) is 11.9. The first-order valence-corrected chi connectivity index (χ1v) is 17.9. The van der Waals surface area contributed by atoms with E-state index in [4.69, 9.17) is 15.0 Å². The minimum atomic E-state index is 0.590. The molecule has 0 N–H and O–H groups in total. The molecule has 51 heavy (non-hydrogen) atoms. The van der Waals surface area contributed by atoms with Crippen LogP contribution in [0, 0.1) is 0 Å². The fourth-order valence-electron chi connectivity index (χ4n) is 7.85. The Morgan fingerprint density at radius 2 is 0.941 bits per heavy atom. The molecule has 0 aliphatic rings. The van der Waals surface area contributed by atoms with Crippen molar-refractivity contribution in [3.8, 4) is 34.4 Å². The van der Waals surface area contributed by atoms with Crippen molar-refractivity contribution in [2.75, 3.05) is 0 Å². The van der Waals surface area contributed by atoms with Crippen LogP contribution in [0.15, 0.2) is 164 Å². The first-order valence-electron chi connectivity index (χ1n) is 17.0. The molecule has 11 aromatic rings. The van der Waals surface area contributed by atoms with Gasteiger partial charge in [0.05, 0.1) is 22.1 Å². The van der Waals surface area contributed by atoms with E-state index in [9.17, 15) is 0 Å². The number of fused-ring (bicyclic) bond motifs is 10. The standard InChI is InChI=1S/C45H27N5S/c1-3-14-28(15-4-1)43-46-44(33-21-13-25-39-40(33)32-20-9-12-24-38(32)51-39)48-45(47-43)50-35-23-11-8-19-31(35)42-37(50)27-26-36-41(42)30-18-7-10-22-34(30)49(36)29-16-5-2-6-17-29/h1-27H. The highest BCUT2D eigenvalue weighted by Gasteiger charge is 2.23. The number of aromatic nitrogens is 5. The summed E-state index contributed by atoms with van der Waals surface area (Å²) >= 11 is 1.80. The lowest BCUT2D eigenvalue weighted by atomic mass is 10.1. The molecule has 4 heterocycles. The zero-order chi connectivity index (χ0) is 33.5. The van der Waals surface area contributed by atoms with Crippen LogP contribution >= 0.6 is 11.3 Å². The van der Waals surface area contributed by atoms with Crippen LogP contribution in [0.3, 0.4) is 0 Å². The molecule has 0 saturated heterocycles. The molecule has 5 nitrogen and oxygen atoms in total. The summed E-state index contributed by atoms with van der Waals surface area (Å²) in [5, 5.41) is 7.15. The third-order valence-corrected chi connectivity index (χ3v) is 11.1. The summed E-state index contributed by atoms with van der Waals surface area (Å²) in [5.41, 5.74) is 7.51. The van der Waals surface area contributed by atoms with Crippen LogP contribution in [0.4, 0.5) is 0 Å². The van der Waals surface area contributed by atoms with E-state index in [0.717, 1.165) is 38.8 Å². The van der Waals surface area contributed by atoms with Crippen molar-refractivity contribution >= 4 is 75.1 Å². The van der Waals surface area contributed by atoms with Crippen molar-refractivity contribution in [3.63, 3.8) is 0 Å². The van der Waals surface area contributed by atoms with Gasteiger partial charge in [0.25, 0.3) is 0 Å². The second-order valence-electron chi connectivity index (χ2n) is 12.8. The predicted octanol–water partition coefficient (Wildman–Crippen LogP) is 11.8. The highest BCUT2D eigenvalue weighted by atomic mass is 32.1. The molecule has 0 radical (unpaired) electrons. The number of hydrogen-bond donors (Lipinski definition) is 0. The Bertz CT molecular complexity index is 3140. The summed E-state index contributed by atoms with van der Waals surface area (Å²) in [5.74, 6) is 1.88. The van der Waals surface area contributed by atoms with Gasteiger partial charge in [-0.2, -0.15) is 9.97 Å². The molecule has 0 amide bonds. The lowest BCUT2D eigenvalue weighted by molar-refractivity contribution is 0.954. The Kier molecular flexibility index (Phi) is 6.05. The maximum Gasteiger partial charge on any atom is 0.238 e. The minimum absolute atomic E-state index is 0.590. The molecule has 0 saturated carbocycles. The summed E-state index contributed by atoms with van der Waals surface area (Å²) in [7, 11) is 0. The monoisotopic (exact) mass is 669 g/mol. The van der Waals surface area contributed by atoms with E-state index >= 15 is 0 Å². The highest BCUT2D eigenvalue weighted by Crippen LogP contribution is 2.43. The fourth-order valence-corrected chi connectivity index (χ4v) is 8.98. The zero-order valence-electron chi connectivity index (χ0n) is 27.2. The van der Waals surface area contributed by atoms with Gasteiger partial charge in [-0.3, -0.25) is 4.57 Å². The van der Waals surface area contributed by atoms with E-state index in [1.54, 1.807) is 11.3 Å². The minimum Gasteiger partial charge on any atom is -0.309 e. The van der Waals surface area contributed by atoms with Crippen LogP contribution in [-0.2, 0) is 0 Å². The van der Waals surface area contributed by atoms with E-state index in [-0.39, 0.29) is 0 Å². The SMILES string of the molecule is c1ccc(-c2nc(-c3cccc4sc5ccccc5c34)nc(-n3c4ccccc4c4c5c6ccccc6n(-c6ccccc6)c5ccc43)n2)cc1. The van der Waals surface area contributed by atoms with Crippen molar-refractivity contribution in [2.24, 2.45) is 0 Å². The molecular formula is C45H27N5S. The van der Waals surface area contributed by atoms with E-state index in [2.05, 4.69) is 155 Å². The molecule has 0 unspecified atom stereocenters. The van der Waals surface area contributed by atoms with Crippen molar-refractivity contribution in [1.82, 2.24) is 24.1 Å². The van der Waals surface area contributed by atoms with E-state index in [1.807, 2.05) is 18.2 Å². The number of rotatable bonds is 4. The molecular weight excluding hydrogens is 643 g/mol. The number of thiophene rings is 1. The third-order valence-electron chi connectivity index (χ3n) is 9.99. The van der Waals surface area contributed by atoms with Crippen LogP contribution in [0.25, 0.3) is 98.2 Å². The molecule has 6 heteroatoms. The van der Waals surface area contributed by atoms with Gasteiger partial charge in [0, 0.05) is 58.5 Å². The molecule has 0 aliphatic carbocycles. The number of nitrogens with zero attached hydrogens (tertiary/aromatic N) is 5. The summed E-state index contributed by atoms with van der Waals surface area (Å²) in [6.07, 6.45) is 0. The predicted molar refractivity (Wildman–Crippen MR) is 212 cm³/mol. The molecule has 0 atom stereocenters. The molecule has 11 rings (SSSR count). The lowest BCUT2D eigenvalue weighted by Gasteiger charge is -2.12. The highest BCUT2D eigenvalue weighted by molar-refractivity contribution is 7.25. The number of benzene rings is 7. The van der Waals surface area contributed by atoms with E-state index in [0.29, 0.717) is 17.6 Å². The van der Waals surface area contributed by atoms with Gasteiger partial charge in [0.15, 0.2) is 11.6 Å². The maximum atomic E-state index is 5.34. The summed E-state index contributed by atoms with van der Waals surface area (Å²) < 4.78 is 7.06. The topological polar surface area (TPSA) is 48.5 Å². The first-order chi connectivity index (χ1) is 25.3. The quantitative estimate of drug-likeness (QED) is 0.187. The first kappa shape index (κ1) is 28.2. The number of para-hydroxylation sites is 3.